The highest BCUT2D eigenvalue weighted by molar-refractivity contribution is 5.95. The second-order valence-electron chi connectivity index (χ2n) is 8.67. The molecule has 1 aromatic carbocycles. The van der Waals surface area contributed by atoms with E-state index in [4.69, 9.17) is 0 Å². The second-order valence-corrected chi connectivity index (χ2v) is 8.67. The number of piperidine rings is 2. The Morgan fingerprint density at radius 2 is 1.93 bits per heavy atom. The van der Waals surface area contributed by atoms with E-state index in [1.54, 1.807) is 12.1 Å². The Hall–Kier alpha value is -1.75. The number of benzene rings is 1. The Labute approximate surface area is 160 Å². The average Bonchev–Trinajstić information content (AvgIpc) is 3.50. The van der Waals surface area contributed by atoms with Crippen LogP contribution in [0.2, 0.25) is 0 Å². The second kappa shape index (κ2) is 7.70. The Balaban J connectivity index is 1.28. The van der Waals surface area contributed by atoms with E-state index >= 15 is 0 Å². The lowest BCUT2D eigenvalue weighted by Crippen LogP contribution is -2.54. The van der Waals surface area contributed by atoms with Crippen molar-refractivity contribution in [3.05, 3.63) is 35.6 Å². The highest BCUT2D eigenvalue weighted by Crippen LogP contribution is 2.42. The van der Waals surface area contributed by atoms with Crippen LogP contribution < -0.4 is 0 Å². The van der Waals surface area contributed by atoms with Gasteiger partial charge in [0.05, 0.1) is 0 Å². The minimum atomic E-state index is -0.309. The van der Waals surface area contributed by atoms with Crippen LogP contribution in [0.3, 0.4) is 0 Å². The number of hydrogen-bond donors (Lipinski definition) is 0. The molecule has 4 rings (SSSR count). The van der Waals surface area contributed by atoms with Gasteiger partial charge in [-0.15, -0.1) is 0 Å². The summed E-state index contributed by atoms with van der Waals surface area (Å²) in [4.78, 5) is 29.2. The number of carbonyl (C=O) groups excluding carboxylic acids is 2. The van der Waals surface area contributed by atoms with Gasteiger partial charge in [-0.25, -0.2) is 4.39 Å². The summed E-state index contributed by atoms with van der Waals surface area (Å²) in [6.45, 7) is 3.99. The monoisotopic (exact) mass is 372 g/mol. The van der Waals surface area contributed by atoms with E-state index in [1.165, 1.54) is 37.8 Å². The average molecular weight is 372 g/mol. The van der Waals surface area contributed by atoms with Gasteiger partial charge in [0.15, 0.2) is 5.78 Å². The largest absolute Gasteiger partial charge is 0.339 e. The first-order chi connectivity index (χ1) is 13.0. The molecule has 27 heavy (non-hydrogen) atoms. The van der Waals surface area contributed by atoms with E-state index in [0.717, 1.165) is 39.0 Å². The Morgan fingerprint density at radius 1 is 1.15 bits per heavy atom. The van der Waals surface area contributed by atoms with Gasteiger partial charge in [0.2, 0.25) is 5.91 Å². The lowest BCUT2D eigenvalue weighted by atomic mass is 9.73. The van der Waals surface area contributed by atoms with Crippen LogP contribution in [-0.4, -0.2) is 53.7 Å². The molecular weight excluding hydrogens is 343 g/mol. The number of rotatable bonds is 6. The molecule has 1 unspecified atom stereocenters. The zero-order valence-electron chi connectivity index (χ0n) is 16.0. The lowest BCUT2D eigenvalue weighted by molar-refractivity contribution is -0.140. The predicted molar refractivity (Wildman–Crippen MR) is 102 cm³/mol. The summed E-state index contributed by atoms with van der Waals surface area (Å²) in [5.41, 5.74) is 0.854. The standard InChI is InChI=1S/C22H29FN2O2/c23-18-6-4-17(5-7-18)20(26)3-1-13-24-14-2-11-22(15-24)12-10-21(27)25(16-22)19-8-9-19/h4-7,19H,1-3,8-16H2. The summed E-state index contributed by atoms with van der Waals surface area (Å²) in [6, 6.07) is 6.34. The molecular formula is C22H29FN2O2. The first-order valence-electron chi connectivity index (χ1n) is 10.4. The van der Waals surface area contributed by atoms with E-state index in [9.17, 15) is 14.0 Å². The van der Waals surface area contributed by atoms with E-state index in [-0.39, 0.29) is 17.0 Å². The van der Waals surface area contributed by atoms with Gasteiger partial charge in [-0.1, -0.05) is 0 Å². The number of amides is 1. The van der Waals surface area contributed by atoms with Crippen molar-refractivity contribution in [3.8, 4) is 0 Å². The molecule has 0 aromatic heterocycles. The molecule has 0 radical (unpaired) electrons. The van der Waals surface area contributed by atoms with Crippen molar-refractivity contribution >= 4 is 11.7 Å². The first kappa shape index (κ1) is 18.6. The molecule has 1 saturated carbocycles. The molecule has 2 heterocycles. The number of ketones is 1. The molecule has 2 saturated heterocycles. The van der Waals surface area contributed by atoms with Crippen LogP contribution in [0.1, 0.15) is 61.7 Å². The van der Waals surface area contributed by atoms with Gasteiger partial charge < -0.3 is 9.80 Å². The van der Waals surface area contributed by atoms with Crippen molar-refractivity contribution in [1.82, 2.24) is 9.80 Å². The van der Waals surface area contributed by atoms with Crippen molar-refractivity contribution in [1.29, 1.82) is 0 Å². The van der Waals surface area contributed by atoms with E-state index in [2.05, 4.69) is 9.80 Å². The molecule has 5 heteroatoms. The van der Waals surface area contributed by atoms with E-state index in [1.807, 2.05) is 0 Å². The molecule has 1 aromatic rings. The van der Waals surface area contributed by atoms with Crippen LogP contribution in [0.4, 0.5) is 4.39 Å². The summed E-state index contributed by atoms with van der Waals surface area (Å²) < 4.78 is 13.0. The molecule has 1 atom stereocenters. The van der Waals surface area contributed by atoms with Gasteiger partial charge in [0.25, 0.3) is 0 Å². The molecule has 4 nitrogen and oxygen atoms in total. The van der Waals surface area contributed by atoms with Gasteiger partial charge in [-0.05, 0) is 75.9 Å². The number of hydrogen-bond acceptors (Lipinski definition) is 3. The highest BCUT2D eigenvalue weighted by Gasteiger charge is 2.45. The molecule has 2 aliphatic heterocycles. The third kappa shape index (κ3) is 4.40. The van der Waals surface area contributed by atoms with Gasteiger partial charge >= 0.3 is 0 Å². The van der Waals surface area contributed by atoms with E-state index < -0.39 is 0 Å². The van der Waals surface area contributed by atoms with Gasteiger partial charge in [0, 0.05) is 43.0 Å². The molecule has 1 aliphatic carbocycles. The molecule has 1 spiro atoms. The van der Waals surface area contributed by atoms with Crippen LogP contribution in [0, 0.1) is 11.2 Å². The zero-order valence-corrected chi connectivity index (χ0v) is 16.0. The zero-order chi connectivity index (χ0) is 18.9. The summed E-state index contributed by atoms with van der Waals surface area (Å²) >= 11 is 0. The molecule has 0 N–H and O–H groups in total. The maximum atomic E-state index is 13.0. The summed E-state index contributed by atoms with van der Waals surface area (Å²) in [5.74, 6) is 0.131. The summed E-state index contributed by atoms with van der Waals surface area (Å²) in [7, 11) is 0. The fourth-order valence-electron chi connectivity index (χ4n) is 4.84. The van der Waals surface area contributed by atoms with Crippen molar-refractivity contribution in [2.75, 3.05) is 26.2 Å². The van der Waals surface area contributed by atoms with Crippen LogP contribution in [0.15, 0.2) is 24.3 Å². The SMILES string of the molecule is O=C(CCCN1CCCC2(CCC(=O)N(C3CC3)C2)C1)c1ccc(F)cc1. The summed E-state index contributed by atoms with van der Waals surface area (Å²) in [5, 5.41) is 0. The van der Waals surface area contributed by atoms with Crippen molar-refractivity contribution in [2.45, 2.75) is 57.4 Å². The third-order valence-corrected chi connectivity index (χ3v) is 6.47. The number of nitrogens with zero attached hydrogens (tertiary/aromatic N) is 2. The Morgan fingerprint density at radius 3 is 2.67 bits per heavy atom. The molecule has 146 valence electrons. The maximum Gasteiger partial charge on any atom is 0.222 e. The predicted octanol–water partition coefficient (Wildman–Crippen LogP) is 3.66. The van der Waals surface area contributed by atoms with Crippen LogP contribution in [0.25, 0.3) is 0 Å². The fraction of sp³-hybridized carbons (Fsp3) is 0.636. The van der Waals surface area contributed by atoms with Crippen molar-refractivity contribution in [2.24, 2.45) is 5.41 Å². The molecule has 1 amide bonds. The maximum absolute atomic E-state index is 13.0. The van der Waals surface area contributed by atoms with Crippen LogP contribution >= 0.6 is 0 Å². The highest BCUT2D eigenvalue weighted by atomic mass is 19.1. The number of likely N-dealkylation sites (tertiary alicyclic amines) is 2. The normalized spacial score (nSPS) is 26.6. The van der Waals surface area contributed by atoms with Crippen LogP contribution in [-0.2, 0) is 4.79 Å². The fourth-order valence-corrected chi connectivity index (χ4v) is 4.84. The Kier molecular flexibility index (Phi) is 5.31. The molecule has 3 fully saturated rings. The molecule has 3 aliphatic rings. The number of carbonyl (C=O) groups is 2. The first-order valence-corrected chi connectivity index (χ1v) is 10.4. The minimum absolute atomic E-state index is 0.0879. The summed E-state index contributed by atoms with van der Waals surface area (Å²) in [6.07, 6.45) is 7.80. The Bertz CT molecular complexity index is 701. The van der Waals surface area contributed by atoms with Gasteiger partial charge in [-0.2, -0.15) is 0 Å². The van der Waals surface area contributed by atoms with Crippen LogP contribution in [0.5, 0.6) is 0 Å². The minimum Gasteiger partial charge on any atom is -0.339 e. The quantitative estimate of drug-likeness (QED) is 0.716. The third-order valence-electron chi connectivity index (χ3n) is 6.47. The smallest absolute Gasteiger partial charge is 0.222 e. The van der Waals surface area contributed by atoms with Crippen molar-refractivity contribution < 1.29 is 14.0 Å². The van der Waals surface area contributed by atoms with Crippen molar-refractivity contribution in [3.63, 3.8) is 0 Å². The number of Topliss-reactive ketones (excluding diaryl/α,β-unsaturated/α-hetero) is 1. The van der Waals surface area contributed by atoms with Gasteiger partial charge in [-0.3, -0.25) is 9.59 Å². The number of halogens is 1. The topological polar surface area (TPSA) is 40.6 Å². The van der Waals surface area contributed by atoms with Gasteiger partial charge in [0.1, 0.15) is 5.82 Å². The molecule has 0 bridgehead atoms. The lowest BCUT2D eigenvalue weighted by Gasteiger charge is -2.48. The van der Waals surface area contributed by atoms with E-state index in [0.29, 0.717) is 30.4 Å².